The molecule has 0 saturated carbocycles. The molecule has 0 aliphatic carbocycles. The second kappa shape index (κ2) is 13.9. The molecule has 0 aromatic heterocycles. The van der Waals surface area contributed by atoms with Crippen LogP contribution in [0.3, 0.4) is 0 Å². The van der Waals surface area contributed by atoms with Gasteiger partial charge in [0.15, 0.2) is 0 Å². The molecule has 3 heteroatoms. The molecular formula is C14H29NOS. The first-order chi connectivity index (χ1) is 8.31. The standard InChI is InChI=1S/C14H29NOS/c1-3-4-5-6-7-8-9-10-12-15-14(16)11-13-17-2/h3-13H2,1-2H3,(H,15,16). The average Bonchev–Trinajstić information content (AvgIpc) is 2.34. The van der Waals surface area contributed by atoms with Crippen LogP contribution in [0.4, 0.5) is 0 Å². The van der Waals surface area contributed by atoms with E-state index in [1.807, 2.05) is 6.26 Å². The van der Waals surface area contributed by atoms with E-state index in [4.69, 9.17) is 0 Å². The first-order valence-electron chi connectivity index (χ1n) is 7.07. The minimum Gasteiger partial charge on any atom is -0.356 e. The lowest BCUT2D eigenvalue weighted by Gasteiger charge is -2.04. The third-order valence-corrected chi connectivity index (χ3v) is 3.50. The van der Waals surface area contributed by atoms with Crippen LogP contribution in [0.5, 0.6) is 0 Å². The SMILES string of the molecule is CCCCCCCCCCNC(=O)CCSC. The van der Waals surface area contributed by atoms with E-state index in [-0.39, 0.29) is 5.91 Å². The van der Waals surface area contributed by atoms with Gasteiger partial charge in [-0.2, -0.15) is 11.8 Å². The monoisotopic (exact) mass is 259 g/mol. The second-order valence-electron chi connectivity index (χ2n) is 4.57. The molecule has 0 aliphatic heterocycles. The molecule has 102 valence electrons. The van der Waals surface area contributed by atoms with E-state index in [1.165, 1.54) is 44.9 Å². The summed E-state index contributed by atoms with van der Waals surface area (Å²) in [6.07, 6.45) is 13.3. The summed E-state index contributed by atoms with van der Waals surface area (Å²) in [6, 6.07) is 0. The number of carbonyl (C=O) groups is 1. The van der Waals surface area contributed by atoms with Gasteiger partial charge in [0.25, 0.3) is 0 Å². The van der Waals surface area contributed by atoms with Crippen LogP contribution in [0.1, 0.15) is 64.7 Å². The number of hydrogen-bond acceptors (Lipinski definition) is 2. The van der Waals surface area contributed by atoms with Gasteiger partial charge in [-0.05, 0) is 12.7 Å². The molecule has 0 aromatic rings. The fraction of sp³-hybridized carbons (Fsp3) is 0.929. The Bertz CT molecular complexity index is 174. The molecule has 0 aliphatic rings. The first kappa shape index (κ1) is 16.8. The van der Waals surface area contributed by atoms with Gasteiger partial charge >= 0.3 is 0 Å². The van der Waals surface area contributed by atoms with Crippen molar-refractivity contribution in [3.63, 3.8) is 0 Å². The zero-order valence-corrected chi connectivity index (χ0v) is 12.4. The smallest absolute Gasteiger partial charge is 0.220 e. The predicted octanol–water partition coefficient (Wildman–Crippen LogP) is 4.00. The molecule has 0 rings (SSSR count). The van der Waals surface area contributed by atoms with E-state index in [1.54, 1.807) is 11.8 Å². The van der Waals surface area contributed by atoms with E-state index in [9.17, 15) is 4.79 Å². The van der Waals surface area contributed by atoms with Crippen LogP contribution in [-0.2, 0) is 4.79 Å². The van der Waals surface area contributed by atoms with Gasteiger partial charge in [-0.3, -0.25) is 4.79 Å². The summed E-state index contributed by atoms with van der Waals surface area (Å²) in [7, 11) is 0. The third-order valence-electron chi connectivity index (χ3n) is 2.89. The molecule has 1 amide bonds. The first-order valence-corrected chi connectivity index (χ1v) is 8.46. The van der Waals surface area contributed by atoms with Crippen LogP contribution in [0.2, 0.25) is 0 Å². The number of carbonyl (C=O) groups excluding carboxylic acids is 1. The molecule has 0 bridgehead atoms. The van der Waals surface area contributed by atoms with E-state index >= 15 is 0 Å². The van der Waals surface area contributed by atoms with Crippen molar-refractivity contribution in [3.05, 3.63) is 0 Å². The number of hydrogen-bond donors (Lipinski definition) is 1. The minimum absolute atomic E-state index is 0.210. The lowest BCUT2D eigenvalue weighted by atomic mass is 10.1. The van der Waals surface area contributed by atoms with Crippen molar-refractivity contribution in [2.24, 2.45) is 0 Å². The molecule has 0 radical (unpaired) electrons. The van der Waals surface area contributed by atoms with Crippen molar-refractivity contribution in [2.75, 3.05) is 18.6 Å². The van der Waals surface area contributed by atoms with Crippen molar-refractivity contribution in [2.45, 2.75) is 64.7 Å². The Morgan fingerprint density at radius 1 is 1.00 bits per heavy atom. The lowest BCUT2D eigenvalue weighted by molar-refractivity contribution is -0.120. The molecule has 0 saturated heterocycles. The molecule has 0 fully saturated rings. The minimum atomic E-state index is 0.210. The molecule has 0 spiro atoms. The van der Waals surface area contributed by atoms with Crippen LogP contribution < -0.4 is 5.32 Å². The van der Waals surface area contributed by atoms with Crippen molar-refractivity contribution >= 4 is 17.7 Å². The van der Waals surface area contributed by atoms with Gasteiger partial charge in [0, 0.05) is 18.7 Å². The van der Waals surface area contributed by atoms with Gasteiger partial charge in [0.1, 0.15) is 0 Å². The molecule has 0 aromatic carbocycles. The number of thioether (sulfide) groups is 1. The van der Waals surface area contributed by atoms with Crippen LogP contribution >= 0.6 is 11.8 Å². The van der Waals surface area contributed by atoms with Gasteiger partial charge in [-0.1, -0.05) is 51.9 Å². The third kappa shape index (κ3) is 13.8. The van der Waals surface area contributed by atoms with Crippen LogP contribution in [-0.4, -0.2) is 24.5 Å². The number of nitrogens with one attached hydrogen (secondary N) is 1. The van der Waals surface area contributed by atoms with Crippen molar-refractivity contribution in [3.8, 4) is 0 Å². The Labute approximate surface area is 111 Å². The van der Waals surface area contributed by atoms with E-state index in [0.29, 0.717) is 6.42 Å². The molecule has 0 heterocycles. The van der Waals surface area contributed by atoms with Gasteiger partial charge in [-0.15, -0.1) is 0 Å². The van der Waals surface area contributed by atoms with E-state index in [2.05, 4.69) is 12.2 Å². The Balaban J connectivity index is 3.05. The molecule has 0 unspecified atom stereocenters. The summed E-state index contributed by atoms with van der Waals surface area (Å²) in [4.78, 5) is 11.3. The normalized spacial score (nSPS) is 10.5. The van der Waals surface area contributed by atoms with Gasteiger partial charge < -0.3 is 5.32 Å². The molecule has 1 N–H and O–H groups in total. The number of rotatable bonds is 12. The molecule has 0 atom stereocenters. The zero-order chi connectivity index (χ0) is 12.8. The topological polar surface area (TPSA) is 29.1 Å². The maximum atomic E-state index is 11.3. The second-order valence-corrected chi connectivity index (χ2v) is 5.55. The fourth-order valence-corrected chi connectivity index (χ4v) is 2.16. The summed E-state index contributed by atoms with van der Waals surface area (Å²) in [5.41, 5.74) is 0. The van der Waals surface area contributed by atoms with E-state index < -0.39 is 0 Å². The van der Waals surface area contributed by atoms with Crippen molar-refractivity contribution < 1.29 is 4.79 Å². The van der Waals surface area contributed by atoms with Crippen LogP contribution in [0.15, 0.2) is 0 Å². The van der Waals surface area contributed by atoms with Gasteiger partial charge in [0.2, 0.25) is 5.91 Å². The summed E-state index contributed by atoms with van der Waals surface area (Å²) < 4.78 is 0. The number of unbranched alkanes of at least 4 members (excludes halogenated alkanes) is 7. The highest BCUT2D eigenvalue weighted by Gasteiger charge is 1.98. The highest BCUT2D eigenvalue weighted by molar-refractivity contribution is 7.98. The summed E-state index contributed by atoms with van der Waals surface area (Å²) in [5, 5.41) is 2.98. The summed E-state index contributed by atoms with van der Waals surface area (Å²) >= 11 is 1.73. The van der Waals surface area contributed by atoms with Gasteiger partial charge in [0.05, 0.1) is 0 Å². The van der Waals surface area contributed by atoms with Crippen molar-refractivity contribution in [1.29, 1.82) is 0 Å². The van der Waals surface area contributed by atoms with E-state index in [0.717, 1.165) is 18.7 Å². The van der Waals surface area contributed by atoms with Crippen molar-refractivity contribution in [1.82, 2.24) is 5.32 Å². The Morgan fingerprint density at radius 2 is 1.59 bits per heavy atom. The zero-order valence-electron chi connectivity index (χ0n) is 11.6. The maximum Gasteiger partial charge on any atom is 0.220 e. The molecular weight excluding hydrogens is 230 g/mol. The van der Waals surface area contributed by atoms with Crippen LogP contribution in [0.25, 0.3) is 0 Å². The quantitative estimate of drug-likeness (QED) is 0.537. The van der Waals surface area contributed by atoms with Crippen LogP contribution in [0, 0.1) is 0 Å². The predicted molar refractivity (Wildman–Crippen MR) is 78.6 cm³/mol. The highest BCUT2D eigenvalue weighted by atomic mass is 32.2. The summed E-state index contributed by atoms with van der Waals surface area (Å²) in [6.45, 7) is 3.11. The summed E-state index contributed by atoms with van der Waals surface area (Å²) in [5.74, 6) is 1.14. The largest absolute Gasteiger partial charge is 0.356 e. The number of amides is 1. The molecule has 17 heavy (non-hydrogen) atoms. The Hall–Kier alpha value is -0.180. The fourth-order valence-electron chi connectivity index (χ4n) is 1.77. The van der Waals surface area contributed by atoms with Gasteiger partial charge in [-0.25, -0.2) is 0 Å². The molecule has 2 nitrogen and oxygen atoms in total. The highest BCUT2D eigenvalue weighted by Crippen LogP contribution is 2.07. The lowest BCUT2D eigenvalue weighted by Crippen LogP contribution is -2.24. The average molecular weight is 259 g/mol. The Morgan fingerprint density at radius 3 is 2.18 bits per heavy atom. The maximum absolute atomic E-state index is 11.3. The Kier molecular flexibility index (Phi) is 13.7.